The van der Waals surface area contributed by atoms with E-state index < -0.39 is 24.4 Å². The van der Waals surface area contributed by atoms with Gasteiger partial charge in [0, 0.05) is 5.02 Å². The molecule has 0 unspecified atom stereocenters. The van der Waals surface area contributed by atoms with Gasteiger partial charge in [0.15, 0.2) is 6.61 Å². The van der Waals surface area contributed by atoms with Gasteiger partial charge >= 0.3 is 5.97 Å². The average Bonchev–Trinajstić information content (AvgIpc) is 2.69. The summed E-state index contributed by atoms with van der Waals surface area (Å²) in [5, 5.41) is 0.341. The van der Waals surface area contributed by atoms with Gasteiger partial charge < -0.3 is 9.47 Å². The van der Waals surface area contributed by atoms with Crippen LogP contribution in [0.15, 0.2) is 42.5 Å². The van der Waals surface area contributed by atoms with Gasteiger partial charge in [0.2, 0.25) is 0 Å². The van der Waals surface area contributed by atoms with E-state index in [0.29, 0.717) is 16.3 Å². The zero-order chi connectivity index (χ0) is 21.6. The number of hydrazine groups is 1. The molecule has 0 radical (unpaired) electrons. The fourth-order valence-corrected chi connectivity index (χ4v) is 2.58. The Bertz CT molecular complexity index is 904. The van der Waals surface area contributed by atoms with Crippen molar-refractivity contribution in [1.29, 1.82) is 0 Å². The fraction of sp³-hybridized carbons (Fsp3) is 0.286. The van der Waals surface area contributed by atoms with E-state index >= 15 is 0 Å². The molecule has 29 heavy (non-hydrogen) atoms. The molecule has 0 saturated heterocycles. The highest BCUT2D eigenvalue weighted by molar-refractivity contribution is 6.31. The second-order valence-electron chi connectivity index (χ2n) is 7.25. The SMILES string of the molecule is COc1ccc(Cl)cc1C(=O)NNC(=O)COC(=O)c1ccc(C(C)(C)C)cc1. The van der Waals surface area contributed by atoms with E-state index in [1.807, 2.05) is 12.1 Å². The number of nitrogens with one attached hydrogen (secondary N) is 2. The molecule has 0 spiro atoms. The summed E-state index contributed by atoms with van der Waals surface area (Å²) in [4.78, 5) is 36.1. The van der Waals surface area contributed by atoms with Gasteiger partial charge in [-0.05, 0) is 41.3 Å². The Balaban J connectivity index is 1.86. The normalized spacial score (nSPS) is 10.8. The summed E-state index contributed by atoms with van der Waals surface area (Å²) in [6.45, 7) is 5.65. The van der Waals surface area contributed by atoms with Crippen LogP contribution >= 0.6 is 11.6 Å². The Kier molecular flexibility index (Phi) is 7.23. The van der Waals surface area contributed by atoms with Gasteiger partial charge in [-0.2, -0.15) is 0 Å². The van der Waals surface area contributed by atoms with Gasteiger partial charge in [-0.3, -0.25) is 20.4 Å². The smallest absolute Gasteiger partial charge is 0.338 e. The van der Waals surface area contributed by atoms with Crippen molar-refractivity contribution in [2.75, 3.05) is 13.7 Å². The molecule has 0 bridgehead atoms. The van der Waals surface area contributed by atoms with Gasteiger partial charge in [-0.15, -0.1) is 0 Å². The summed E-state index contributed by atoms with van der Waals surface area (Å²) in [7, 11) is 1.41. The van der Waals surface area contributed by atoms with E-state index in [1.165, 1.54) is 19.2 Å². The van der Waals surface area contributed by atoms with Crippen molar-refractivity contribution >= 4 is 29.4 Å². The van der Waals surface area contributed by atoms with Crippen LogP contribution in [0.5, 0.6) is 5.75 Å². The Morgan fingerprint density at radius 1 is 1.00 bits per heavy atom. The van der Waals surface area contributed by atoms with Crippen molar-refractivity contribution in [3.05, 3.63) is 64.2 Å². The molecule has 2 N–H and O–H groups in total. The van der Waals surface area contributed by atoms with Crippen LogP contribution in [0.1, 0.15) is 47.1 Å². The summed E-state index contributed by atoms with van der Waals surface area (Å²) in [6.07, 6.45) is 0. The summed E-state index contributed by atoms with van der Waals surface area (Å²) in [6, 6.07) is 11.5. The van der Waals surface area contributed by atoms with Gasteiger partial charge in [0.05, 0.1) is 18.2 Å². The molecule has 2 rings (SSSR count). The first-order chi connectivity index (χ1) is 13.6. The molecule has 0 aromatic heterocycles. The quantitative estimate of drug-likeness (QED) is 0.574. The molecule has 8 heteroatoms. The van der Waals surface area contributed by atoms with Crippen molar-refractivity contribution in [1.82, 2.24) is 10.9 Å². The predicted molar refractivity (Wildman–Crippen MR) is 109 cm³/mol. The molecular weight excluding hydrogens is 396 g/mol. The van der Waals surface area contributed by atoms with Gasteiger partial charge in [0.25, 0.3) is 11.8 Å². The third-order valence-corrected chi connectivity index (χ3v) is 4.28. The lowest BCUT2D eigenvalue weighted by atomic mass is 9.87. The molecule has 0 fully saturated rings. The van der Waals surface area contributed by atoms with Crippen LogP contribution in [0.4, 0.5) is 0 Å². The Morgan fingerprint density at radius 3 is 2.24 bits per heavy atom. The summed E-state index contributed by atoms with van der Waals surface area (Å²) < 4.78 is 10.1. The zero-order valence-corrected chi connectivity index (χ0v) is 17.4. The van der Waals surface area contributed by atoms with Crippen molar-refractivity contribution in [3.8, 4) is 5.75 Å². The number of benzene rings is 2. The van der Waals surface area contributed by atoms with Crippen LogP contribution in [-0.4, -0.2) is 31.5 Å². The van der Waals surface area contributed by atoms with E-state index in [9.17, 15) is 14.4 Å². The third kappa shape index (κ3) is 6.22. The van der Waals surface area contributed by atoms with Crippen LogP contribution in [0.2, 0.25) is 5.02 Å². The van der Waals surface area contributed by atoms with Crippen molar-refractivity contribution < 1.29 is 23.9 Å². The first kappa shape index (κ1) is 22.2. The molecule has 2 aromatic rings. The minimum Gasteiger partial charge on any atom is -0.496 e. The van der Waals surface area contributed by atoms with Crippen molar-refractivity contribution in [2.24, 2.45) is 0 Å². The molecule has 0 aliphatic rings. The van der Waals surface area contributed by atoms with E-state index in [0.717, 1.165) is 5.56 Å². The summed E-state index contributed by atoms with van der Waals surface area (Å²) in [5.41, 5.74) is 5.91. The number of rotatable bonds is 5. The first-order valence-electron chi connectivity index (χ1n) is 8.82. The molecule has 154 valence electrons. The van der Waals surface area contributed by atoms with Crippen LogP contribution in [0.3, 0.4) is 0 Å². The highest BCUT2D eigenvalue weighted by Gasteiger charge is 2.17. The van der Waals surface area contributed by atoms with E-state index in [1.54, 1.807) is 18.2 Å². The molecule has 2 amide bonds. The van der Waals surface area contributed by atoms with Gasteiger partial charge in [0.1, 0.15) is 5.75 Å². The molecule has 0 aliphatic heterocycles. The fourth-order valence-electron chi connectivity index (χ4n) is 2.41. The number of hydrogen-bond donors (Lipinski definition) is 2. The van der Waals surface area contributed by atoms with E-state index in [2.05, 4.69) is 31.6 Å². The number of ether oxygens (including phenoxy) is 2. The first-order valence-corrected chi connectivity index (χ1v) is 9.20. The van der Waals surface area contributed by atoms with Crippen LogP contribution in [-0.2, 0) is 14.9 Å². The Morgan fingerprint density at radius 2 is 1.66 bits per heavy atom. The minimum absolute atomic E-state index is 0.0355. The van der Waals surface area contributed by atoms with Crippen molar-refractivity contribution in [3.63, 3.8) is 0 Å². The lowest BCUT2D eigenvalue weighted by molar-refractivity contribution is -0.125. The number of amides is 2. The monoisotopic (exact) mass is 418 g/mol. The Labute approximate surface area is 174 Å². The van der Waals surface area contributed by atoms with E-state index in [-0.39, 0.29) is 11.0 Å². The van der Waals surface area contributed by atoms with Gasteiger partial charge in [-0.1, -0.05) is 44.5 Å². The molecular formula is C21H23ClN2O5. The van der Waals surface area contributed by atoms with E-state index in [4.69, 9.17) is 21.1 Å². The predicted octanol–water partition coefficient (Wildman–Crippen LogP) is 3.26. The molecule has 0 saturated carbocycles. The Hall–Kier alpha value is -3.06. The standard InChI is InChI=1S/C21H23ClN2O5/c1-21(2,3)14-7-5-13(6-8-14)20(27)29-12-18(25)23-24-19(26)16-11-15(22)9-10-17(16)28-4/h5-11H,12H2,1-4H3,(H,23,25)(H,24,26). The number of carbonyl (C=O) groups excluding carboxylic acids is 3. The lowest BCUT2D eigenvalue weighted by Crippen LogP contribution is -2.43. The summed E-state index contributed by atoms with van der Waals surface area (Å²) >= 11 is 5.88. The second kappa shape index (κ2) is 9.43. The van der Waals surface area contributed by atoms with Gasteiger partial charge in [-0.25, -0.2) is 4.79 Å². The maximum Gasteiger partial charge on any atom is 0.338 e. The topological polar surface area (TPSA) is 93.7 Å². The largest absolute Gasteiger partial charge is 0.496 e. The molecule has 0 heterocycles. The lowest BCUT2D eigenvalue weighted by Gasteiger charge is -2.18. The highest BCUT2D eigenvalue weighted by Crippen LogP contribution is 2.23. The number of carbonyl (C=O) groups is 3. The maximum absolute atomic E-state index is 12.2. The van der Waals surface area contributed by atoms with Crippen molar-refractivity contribution in [2.45, 2.75) is 26.2 Å². The maximum atomic E-state index is 12.2. The molecule has 0 aliphatic carbocycles. The molecule has 0 atom stereocenters. The highest BCUT2D eigenvalue weighted by atomic mass is 35.5. The van der Waals surface area contributed by atoms with Crippen LogP contribution in [0.25, 0.3) is 0 Å². The average molecular weight is 419 g/mol. The molecule has 2 aromatic carbocycles. The minimum atomic E-state index is -0.695. The van der Waals surface area contributed by atoms with Crippen LogP contribution in [0, 0.1) is 0 Å². The number of methoxy groups -OCH3 is 1. The number of esters is 1. The third-order valence-electron chi connectivity index (χ3n) is 4.04. The number of hydrogen-bond acceptors (Lipinski definition) is 5. The zero-order valence-electron chi connectivity index (χ0n) is 16.7. The van der Waals surface area contributed by atoms with Crippen LogP contribution < -0.4 is 15.6 Å². The second-order valence-corrected chi connectivity index (χ2v) is 7.69. The number of halogens is 1. The molecule has 7 nitrogen and oxygen atoms in total. The summed E-state index contributed by atoms with van der Waals surface area (Å²) in [5.74, 6) is -1.66.